The molecule has 1 atom stereocenters. The van der Waals surface area contributed by atoms with Crippen molar-refractivity contribution in [1.29, 1.82) is 0 Å². The molecule has 0 unspecified atom stereocenters. The van der Waals surface area contributed by atoms with Gasteiger partial charge in [-0.3, -0.25) is 34.4 Å². The molecule has 2 aromatic rings. The van der Waals surface area contributed by atoms with Gasteiger partial charge in [0.05, 0.1) is 12.5 Å². The molecule has 3 rings (SSSR count). The highest BCUT2D eigenvalue weighted by atomic mass is 16.5. The largest absolute Gasteiger partial charge is 0.455 e. The van der Waals surface area contributed by atoms with E-state index in [9.17, 15) is 24.0 Å². The minimum Gasteiger partial charge on any atom is -0.455 e. The third-order valence-corrected chi connectivity index (χ3v) is 4.65. The fourth-order valence-corrected chi connectivity index (χ4v) is 2.99. The molecule has 1 heterocycles. The lowest BCUT2D eigenvalue weighted by molar-refractivity contribution is -0.151. The van der Waals surface area contributed by atoms with E-state index in [-0.39, 0.29) is 18.7 Å². The summed E-state index contributed by atoms with van der Waals surface area (Å²) >= 11 is 0. The maximum atomic E-state index is 12.2. The van der Waals surface area contributed by atoms with Crippen LogP contribution in [0.2, 0.25) is 0 Å². The van der Waals surface area contributed by atoms with Crippen LogP contribution in [0.15, 0.2) is 54.6 Å². The van der Waals surface area contributed by atoms with E-state index in [2.05, 4.69) is 10.7 Å². The Morgan fingerprint density at radius 1 is 1.00 bits per heavy atom. The normalized spacial score (nSPS) is 15.3. The number of ether oxygens (including phenoxy) is 1. The number of carbonyl (C=O) groups is 5. The van der Waals surface area contributed by atoms with Crippen LogP contribution in [0.5, 0.6) is 0 Å². The van der Waals surface area contributed by atoms with Crippen LogP contribution in [0, 0.1) is 5.92 Å². The van der Waals surface area contributed by atoms with Crippen molar-refractivity contribution in [2.75, 3.05) is 18.5 Å². The molecule has 1 aliphatic heterocycles. The Balaban J connectivity index is 1.46. The van der Waals surface area contributed by atoms with Gasteiger partial charge in [-0.15, -0.1) is 0 Å². The fourth-order valence-electron chi connectivity index (χ4n) is 2.99. The van der Waals surface area contributed by atoms with E-state index in [0.29, 0.717) is 16.8 Å². The Labute approximate surface area is 178 Å². The molecule has 31 heavy (non-hydrogen) atoms. The maximum absolute atomic E-state index is 12.2. The first kappa shape index (κ1) is 21.7. The second-order valence-corrected chi connectivity index (χ2v) is 7.00. The summed E-state index contributed by atoms with van der Waals surface area (Å²) in [7, 11) is 0. The summed E-state index contributed by atoms with van der Waals surface area (Å²) in [5, 5.41) is 3.64. The number of Topliss-reactive ketones (excluding diaryl/α,β-unsaturated/α-hetero) is 1. The lowest BCUT2D eigenvalue weighted by Gasteiger charge is -2.17. The minimum absolute atomic E-state index is 0.0373. The molecule has 0 radical (unpaired) electrons. The van der Waals surface area contributed by atoms with Crippen molar-refractivity contribution in [3.8, 4) is 0 Å². The van der Waals surface area contributed by atoms with Crippen molar-refractivity contribution in [1.82, 2.24) is 10.4 Å². The van der Waals surface area contributed by atoms with Crippen LogP contribution >= 0.6 is 0 Å². The van der Waals surface area contributed by atoms with E-state index in [1.54, 1.807) is 54.6 Å². The molecule has 0 aromatic heterocycles. The molecule has 9 heteroatoms. The first-order valence-corrected chi connectivity index (χ1v) is 9.57. The van der Waals surface area contributed by atoms with Gasteiger partial charge in [0.2, 0.25) is 5.91 Å². The summed E-state index contributed by atoms with van der Waals surface area (Å²) in [6, 6.07) is 14.7. The average Bonchev–Trinajstić information content (AvgIpc) is 3.13. The van der Waals surface area contributed by atoms with Crippen LogP contribution in [0.3, 0.4) is 0 Å². The average molecular weight is 423 g/mol. The van der Waals surface area contributed by atoms with Gasteiger partial charge in [0.25, 0.3) is 11.8 Å². The lowest BCUT2D eigenvalue weighted by atomic mass is 10.1. The molecule has 9 nitrogen and oxygen atoms in total. The zero-order chi connectivity index (χ0) is 22.4. The third kappa shape index (κ3) is 5.75. The topological polar surface area (TPSA) is 122 Å². The number of benzene rings is 2. The summed E-state index contributed by atoms with van der Waals surface area (Å²) < 4.78 is 5.01. The second kappa shape index (κ2) is 9.66. The molecule has 2 aromatic carbocycles. The van der Waals surface area contributed by atoms with Crippen LogP contribution in [0.25, 0.3) is 0 Å². The zero-order valence-corrected chi connectivity index (χ0v) is 16.8. The molecule has 160 valence electrons. The molecule has 2 N–H and O–H groups in total. The molecule has 0 aliphatic carbocycles. The van der Waals surface area contributed by atoms with Crippen molar-refractivity contribution in [3.63, 3.8) is 0 Å². The highest BCUT2D eigenvalue weighted by Gasteiger charge is 2.36. The third-order valence-electron chi connectivity index (χ3n) is 4.65. The lowest BCUT2D eigenvalue weighted by Crippen LogP contribution is -2.43. The predicted molar refractivity (Wildman–Crippen MR) is 110 cm³/mol. The highest BCUT2D eigenvalue weighted by Crippen LogP contribution is 2.18. The van der Waals surface area contributed by atoms with Gasteiger partial charge in [-0.25, -0.2) is 0 Å². The summed E-state index contributed by atoms with van der Waals surface area (Å²) in [5.41, 5.74) is 3.83. The van der Waals surface area contributed by atoms with Crippen LogP contribution in [0.4, 0.5) is 5.69 Å². The highest BCUT2D eigenvalue weighted by molar-refractivity contribution is 5.97. The number of hydrazine groups is 1. The number of esters is 1. The van der Waals surface area contributed by atoms with Gasteiger partial charge in [0.15, 0.2) is 12.4 Å². The Hall–Kier alpha value is -4.01. The Bertz CT molecular complexity index is 1000. The van der Waals surface area contributed by atoms with Gasteiger partial charge in [-0.05, 0) is 43.3 Å². The Kier molecular flexibility index (Phi) is 6.76. The standard InChI is InChI=1S/C22H21N3O6/c1-14(26)15-7-9-18(10-8-15)23-19(27)13-31-22(30)17-11-20(28)25(12-17)24-21(29)16-5-3-2-4-6-16/h2-10,17H,11-13H2,1H3,(H,23,27)(H,24,29)/t17-/m0/s1. The number of anilines is 1. The number of amides is 3. The number of hydrogen-bond acceptors (Lipinski definition) is 6. The second-order valence-electron chi connectivity index (χ2n) is 7.00. The van der Waals surface area contributed by atoms with Crippen molar-refractivity contribution in [2.24, 2.45) is 5.92 Å². The summed E-state index contributed by atoms with van der Waals surface area (Å²) in [5.74, 6) is -3.01. The summed E-state index contributed by atoms with van der Waals surface area (Å²) in [6.07, 6.45) is -0.123. The molecule has 1 fully saturated rings. The molecular formula is C22H21N3O6. The molecule has 0 bridgehead atoms. The van der Waals surface area contributed by atoms with E-state index < -0.39 is 36.2 Å². The monoisotopic (exact) mass is 423 g/mol. The maximum Gasteiger partial charge on any atom is 0.311 e. The quantitative estimate of drug-likeness (QED) is 0.515. The smallest absolute Gasteiger partial charge is 0.311 e. The van der Waals surface area contributed by atoms with Gasteiger partial charge in [0, 0.05) is 23.2 Å². The van der Waals surface area contributed by atoms with Gasteiger partial charge in [-0.1, -0.05) is 18.2 Å². The van der Waals surface area contributed by atoms with E-state index in [0.717, 1.165) is 5.01 Å². The molecule has 0 saturated carbocycles. The molecular weight excluding hydrogens is 402 g/mol. The van der Waals surface area contributed by atoms with Crippen LogP contribution in [-0.4, -0.2) is 47.6 Å². The molecule has 0 spiro atoms. The predicted octanol–water partition coefficient (Wildman–Crippen LogP) is 1.56. The molecule has 3 amide bonds. The van der Waals surface area contributed by atoms with Crippen LogP contribution in [0.1, 0.15) is 34.1 Å². The van der Waals surface area contributed by atoms with E-state index >= 15 is 0 Å². The van der Waals surface area contributed by atoms with Crippen LogP contribution < -0.4 is 10.7 Å². The minimum atomic E-state index is -0.786. The number of carbonyl (C=O) groups excluding carboxylic acids is 5. The van der Waals surface area contributed by atoms with Crippen molar-refractivity contribution < 1.29 is 28.7 Å². The first-order chi connectivity index (χ1) is 14.8. The van der Waals surface area contributed by atoms with Crippen LogP contribution in [-0.2, 0) is 19.1 Å². The van der Waals surface area contributed by atoms with Gasteiger partial charge in [0.1, 0.15) is 0 Å². The summed E-state index contributed by atoms with van der Waals surface area (Å²) in [4.78, 5) is 59.8. The van der Waals surface area contributed by atoms with E-state index in [1.807, 2.05) is 0 Å². The van der Waals surface area contributed by atoms with Gasteiger partial charge in [-0.2, -0.15) is 0 Å². The van der Waals surface area contributed by atoms with E-state index in [1.165, 1.54) is 6.92 Å². The van der Waals surface area contributed by atoms with Crippen molar-refractivity contribution in [2.45, 2.75) is 13.3 Å². The van der Waals surface area contributed by atoms with Crippen molar-refractivity contribution in [3.05, 3.63) is 65.7 Å². The molecule has 1 saturated heterocycles. The van der Waals surface area contributed by atoms with Gasteiger partial charge >= 0.3 is 5.97 Å². The Morgan fingerprint density at radius 3 is 2.32 bits per heavy atom. The number of rotatable bonds is 7. The number of nitrogens with zero attached hydrogens (tertiary/aromatic N) is 1. The zero-order valence-electron chi connectivity index (χ0n) is 16.8. The Morgan fingerprint density at radius 2 is 1.68 bits per heavy atom. The summed E-state index contributed by atoms with van der Waals surface area (Å²) in [6.45, 7) is 0.883. The van der Waals surface area contributed by atoms with Crippen molar-refractivity contribution >= 4 is 35.2 Å². The number of ketones is 1. The molecule has 1 aliphatic rings. The van der Waals surface area contributed by atoms with E-state index in [4.69, 9.17) is 4.74 Å². The fraction of sp³-hybridized carbons (Fsp3) is 0.227. The first-order valence-electron chi connectivity index (χ1n) is 9.57. The SMILES string of the molecule is CC(=O)c1ccc(NC(=O)COC(=O)[C@H]2CC(=O)N(NC(=O)c3ccccc3)C2)cc1. The number of nitrogens with one attached hydrogen (secondary N) is 2. The van der Waals surface area contributed by atoms with Gasteiger partial charge < -0.3 is 10.1 Å². The number of hydrogen-bond donors (Lipinski definition) is 2.